The van der Waals surface area contributed by atoms with Gasteiger partial charge in [0.25, 0.3) is 0 Å². The number of anilines is 1. The summed E-state index contributed by atoms with van der Waals surface area (Å²) >= 11 is 0. The molecule has 2 saturated carbocycles. The van der Waals surface area contributed by atoms with E-state index in [0.29, 0.717) is 6.04 Å². The van der Waals surface area contributed by atoms with E-state index >= 15 is 0 Å². The summed E-state index contributed by atoms with van der Waals surface area (Å²) in [6.45, 7) is 2.26. The van der Waals surface area contributed by atoms with Crippen LogP contribution in [0.1, 0.15) is 70.3 Å². The van der Waals surface area contributed by atoms with Gasteiger partial charge in [-0.3, -0.25) is 0 Å². The maximum Gasteiger partial charge on any atom is 0.0342 e. The lowest BCUT2D eigenvalue weighted by atomic mass is 9.69. The van der Waals surface area contributed by atoms with Gasteiger partial charge in [0.15, 0.2) is 0 Å². The molecule has 0 heterocycles. The lowest BCUT2D eigenvalue weighted by molar-refractivity contribution is 0.162. The van der Waals surface area contributed by atoms with Crippen LogP contribution in [0.4, 0.5) is 5.69 Å². The molecular formula is C20H31N. The molecule has 2 aliphatic rings. The summed E-state index contributed by atoms with van der Waals surface area (Å²) in [7, 11) is 0. The highest BCUT2D eigenvalue weighted by Crippen LogP contribution is 2.41. The maximum atomic E-state index is 3.80. The van der Waals surface area contributed by atoms with Crippen LogP contribution in [0, 0.1) is 11.8 Å². The number of aryl methyl sites for hydroxylation is 1. The summed E-state index contributed by atoms with van der Waals surface area (Å²) in [5.41, 5.74) is 2.81. The number of unbranched alkanes of at least 4 members (excludes halogenated alkanes) is 1. The van der Waals surface area contributed by atoms with E-state index in [-0.39, 0.29) is 0 Å². The lowest BCUT2D eigenvalue weighted by Gasteiger charge is -2.39. The van der Waals surface area contributed by atoms with Gasteiger partial charge >= 0.3 is 0 Å². The SMILES string of the molecule is CCCCc1ccc(NC2CCC3CCCCC3C2)cc1. The first-order chi connectivity index (χ1) is 10.3. The normalized spacial score (nSPS) is 28.9. The van der Waals surface area contributed by atoms with Crippen LogP contribution in [0.15, 0.2) is 24.3 Å². The number of hydrogen-bond acceptors (Lipinski definition) is 1. The fourth-order valence-corrected chi connectivity index (χ4v) is 4.39. The van der Waals surface area contributed by atoms with Gasteiger partial charge in [0, 0.05) is 11.7 Å². The first-order valence-electron chi connectivity index (χ1n) is 9.20. The predicted molar refractivity (Wildman–Crippen MR) is 91.8 cm³/mol. The van der Waals surface area contributed by atoms with Crippen molar-refractivity contribution in [2.45, 2.75) is 77.2 Å². The Kier molecular flexibility index (Phi) is 5.22. The van der Waals surface area contributed by atoms with Crippen molar-refractivity contribution in [1.82, 2.24) is 0 Å². The number of hydrogen-bond donors (Lipinski definition) is 1. The van der Waals surface area contributed by atoms with Gasteiger partial charge in [0.1, 0.15) is 0 Å². The third kappa shape index (κ3) is 4.02. The van der Waals surface area contributed by atoms with E-state index in [9.17, 15) is 0 Å². The smallest absolute Gasteiger partial charge is 0.0342 e. The van der Waals surface area contributed by atoms with E-state index in [1.54, 1.807) is 0 Å². The Morgan fingerprint density at radius 3 is 2.48 bits per heavy atom. The van der Waals surface area contributed by atoms with Gasteiger partial charge in [0.2, 0.25) is 0 Å². The molecule has 1 aromatic rings. The Morgan fingerprint density at radius 2 is 1.71 bits per heavy atom. The number of fused-ring (bicyclic) bond motifs is 1. The van der Waals surface area contributed by atoms with Crippen molar-refractivity contribution < 1.29 is 0 Å². The Labute approximate surface area is 130 Å². The van der Waals surface area contributed by atoms with Gasteiger partial charge in [0.05, 0.1) is 0 Å². The van der Waals surface area contributed by atoms with Gasteiger partial charge in [-0.05, 0) is 61.6 Å². The van der Waals surface area contributed by atoms with Crippen LogP contribution in [0.5, 0.6) is 0 Å². The third-order valence-electron chi connectivity index (χ3n) is 5.68. The molecule has 1 heteroatoms. The zero-order chi connectivity index (χ0) is 14.5. The van der Waals surface area contributed by atoms with E-state index < -0.39 is 0 Å². The minimum Gasteiger partial charge on any atom is -0.382 e. The molecule has 0 bridgehead atoms. The van der Waals surface area contributed by atoms with Crippen LogP contribution >= 0.6 is 0 Å². The van der Waals surface area contributed by atoms with Gasteiger partial charge in [-0.1, -0.05) is 51.2 Å². The van der Waals surface area contributed by atoms with E-state index in [0.717, 1.165) is 11.8 Å². The molecule has 0 saturated heterocycles. The molecule has 2 fully saturated rings. The Balaban J connectivity index is 1.52. The van der Waals surface area contributed by atoms with Gasteiger partial charge < -0.3 is 5.32 Å². The molecule has 3 unspecified atom stereocenters. The zero-order valence-corrected chi connectivity index (χ0v) is 13.6. The fraction of sp³-hybridized carbons (Fsp3) is 0.700. The molecule has 3 atom stereocenters. The lowest BCUT2D eigenvalue weighted by Crippen LogP contribution is -2.34. The molecule has 21 heavy (non-hydrogen) atoms. The summed E-state index contributed by atoms with van der Waals surface area (Å²) < 4.78 is 0. The topological polar surface area (TPSA) is 12.0 Å². The largest absolute Gasteiger partial charge is 0.382 e. The number of rotatable bonds is 5. The Bertz CT molecular complexity index is 422. The monoisotopic (exact) mass is 285 g/mol. The van der Waals surface area contributed by atoms with E-state index in [2.05, 4.69) is 36.5 Å². The van der Waals surface area contributed by atoms with Crippen LogP contribution in [-0.2, 0) is 6.42 Å². The van der Waals surface area contributed by atoms with Gasteiger partial charge in [-0.25, -0.2) is 0 Å². The summed E-state index contributed by atoms with van der Waals surface area (Å²) in [6, 6.07) is 9.91. The highest BCUT2D eigenvalue weighted by molar-refractivity contribution is 5.45. The molecule has 3 rings (SSSR count). The van der Waals surface area contributed by atoms with Crippen LogP contribution in [0.3, 0.4) is 0 Å². The zero-order valence-electron chi connectivity index (χ0n) is 13.6. The summed E-state index contributed by atoms with van der Waals surface area (Å²) in [4.78, 5) is 0. The molecule has 0 aliphatic heterocycles. The highest BCUT2D eigenvalue weighted by Gasteiger charge is 2.31. The summed E-state index contributed by atoms with van der Waals surface area (Å²) in [5.74, 6) is 2.06. The summed E-state index contributed by atoms with van der Waals surface area (Å²) in [6.07, 6.45) is 14.0. The predicted octanol–water partition coefficient (Wildman–Crippen LogP) is 5.80. The van der Waals surface area contributed by atoms with Crippen molar-refractivity contribution in [3.05, 3.63) is 29.8 Å². The van der Waals surface area contributed by atoms with Crippen LogP contribution < -0.4 is 5.32 Å². The van der Waals surface area contributed by atoms with Gasteiger partial charge in [-0.2, -0.15) is 0 Å². The average Bonchev–Trinajstić information content (AvgIpc) is 2.54. The molecular weight excluding hydrogens is 254 g/mol. The third-order valence-corrected chi connectivity index (χ3v) is 5.68. The summed E-state index contributed by atoms with van der Waals surface area (Å²) in [5, 5.41) is 3.80. The molecule has 0 amide bonds. The van der Waals surface area contributed by atoms with Crippen molar-refractivity contribution in [2.24, 2.45) is 11.8 Å². The van der Waals surface area contributed by atoms with Crippen molar-refractivity contribution in [2.75, 3.05) is 5.32 Å². The van der Waals surface area contributed by atoms with Gasteiger partial charge in [-0.15, -0.1) is 0 Å². The Morgan fingerprint density at radius 1 is 0.952 bits per heavy atom. The van der Waals surface area contributed by atoms with Crippen LogP contribution in [0.25, 0.3) is 0 Å². The maximum absolute atomic E-state index is 3.80. The number of benzene rings is 1. The number of nitrogens with one attached hydrogen (secondary N) is 1. The first kappa shape index (κ1) is 14.9. The minimum atomic E-state index is 0.714. The van der Waals surface area contributed by atoms with Crippen molar-refractivity contribution >= 4 is 5.69 Å². The molecule has 0 spiro atoms. The van der Waals surface area contributed by atoms with Crippen LogP contribution in [-0.4, -0.2) is 6.04 Å². The second-order valence-electron chi connectivity index (χ2n) is 7.26. The quantitative estimate of drug-likeness (QED) is 0.721. The first-order valence-corrected chi connectivity index (χ1v) is 9.20. The molecule has 1 nitrogen and oxygen atoms in total. The van der Waals surface area contributed by atoms with E-state index in [4.69, 9.17) is 0 Å². The second kappa shape index (κ2) is 7.33. The van der Waals surface area contributed by atoms with E-state index in [1.807, 2.05) is 0 Å². The average molecular weight is 285 g/mol. The minimum absolute atomic E-state index is 0.714. The Hall–Kier alpha value is -0.980. The van der Waals surface area contributed by atoms with Crippen molar-refractivity contribution in [1.29, 1.82) is 0 Å². The molecule has 2 aliphatic carbocycles. The van der Waals surface area contributed by atoms with Crippen molar-refractivity contribution in [3.8, 4) is 0 Å². The molecule has 116 valence electrons. The van der Waals surface area contributed by atoms with E-state index in [1.165, 1.54) is 75.5 Å². The fourth-order valence-electron chi connectivity index (χ4n) is 4.39. The van der Waals surface area contributed by atoms with Crippen molar-refractivity contribution in [3.63, 3.8) is 0 Å². The molecule has 1 aromatic carbocycles. The molecule has 0 radical (unpaired) electrons. The highest BCUT2D eigenvalue weighted by atomic mass is 14.9. The second-order valence-corrected chi connectivity index (χ2v) is 7.26. The molecule has 0 aromatic heterocycles. The van der Waals surface area contributed by atoms with Crippen LogP contribution in [0.2, 0.25) is 0 Å². The molecule has 1 N–H and O–H groups in total. The standard InChI is InChI=1S/C20H31N/c1-2-3-6-16-9-12-19(13-10-16)21-20-14-11-17-7-4-5-8-18(17)15-20/h9-10,12-13,17-18,20-21H,2-8,11,14-15H2,1H3.